The minimum Gasteiger partial charge on any atom is -0.356 e. The monoisotopic (exact) mass is 228 g/mol. The average molecular weight is 228 g/mol. The molecule has 1 unspecified atom stereocenters. The third kappa shape index (κ3) is 4.18. The number of nitrogens with one attached hydrogen (secondary N) is 3. The fourth-order valence-corrected chi connectivity index (χ4v) is 1.82. The minimum absolute atomic E-state index is 0.110. The molecule has 2 amide bonds. The third-order valence-electron chi connectivity index (χ3n) is 2.74. The lowest BCUT2D eigenvalue weighted by molar-refractivity contribution is -0.768. The highest BCUT2D eigenvalue weighted by atomic mass is 16.2. The molecule has 5 nitrogen and oxygen atoms in total. The molecule has 2 atom stereocenters. The van der Waals surface area contributed by atoms with Crippen molar-refractivity contribution in [3.8, 4) is 0 Å². The van der Waals surface area contributed by atoms with Crippen LogP contribution in [0.1, 0.15) is 26.7 Å². The number of rotatable bonds is 7. The average Bonchev–Trinajstić information content (AvgIpc) is 2.98. The fraction of sp³-hybridized carbons (Fsp3) is 0.818. The lowest BCUT2D eigenvalue weighted by atomic mass is 10.3. The summed E-state index contributed by atoms with van der Waals surface area (Å²) in [6, 6.07) is 0.134. The smallest absolute Gasteiger partial charge is 0.284 e. The zero-order valence-electron chi connectivity index (χ0n) is 10.1. The number of carbonyl (C=O) groups is 2. The topological polar surface area (TPSA) is 62.6 Å². The highest BCUT2D eigenvalue weighted by Gasteiger charge is 2.45. The zero-order valence-corrected chi connectivity index (χ0v) is 10.1. The first-order valence-corrected chi connectivity index (χ1v) is 6.08. The summed E-state index contributed by atoms with van der Waals surface area (Å²) < 4.78 is 0. The van der Waals surface area contributed by atoms with Gasteiger partial charge in [-0.3, -0.25) is 9.59 Å². The Balaban J connectivity index is 2.04. The fourth-order valence-electron chi connectivity index (χ4n) is 1.82. The number of quaternary nitrogens is 1. The van der Waals surface area contributed by atoms with Crippen molar-refractivity contribution in [3.05, 3.63) is 0 Å². The summed E-state index contributed by atoms with van der Waals surface area (Å²) >= 11 is 0. The number of carbonyl (C=O) groups excluding carboxylic acids is 2. The van der Waals surface area contributed by atoms with E-state index in [4.69, 9.17) is 0 Å². The lowest BCUT2D eigenvalue weighted by Gasteiger charge is -2.02. The Morgan fingerprint density at radius 1 is 1.25 bits per heavy atom. The molecule has 1 fully saturated rings. The molecule has 1 aliphatic rings. The molecule has 5 heteroatoms. The Morgan fingerprint density at radius 3 is 2.56 bits per heavy atom. The molecule has 3 N–H and O–H groups in total. The molecule has 1 rings (SSSR count). The van der Waals surface area contributed by atoms with E-state index >= 15 is 0 Å². The molecule has 1 saturated heterocycles. The van der Waals surface area contributed by atoms with Gasteiger partial charge in [-0.2, -0.15) is 0 Å². The zero-order chi connectivity index (χ0) is 12.0. The normalized spacial score (nSPS) is 22.6. The van der Waals surface area contributed by atoms with E-state index < -0.39 is 0 Å². The molecule has 0 aromatic carbocycles. The molecule has 92 valence electrons. The van der Waals surface area contributed by atoms with E-state index in [1.807, 2.05) is 13.8 Å². The molecule has 0 spiro atoms. The number of hydrogen-bond acceptors (Lipinski definition) is 2. The molecular weight excluding hydrogens is 206 g/mol. The Hall–Kier alpha value is -1.10. The predicted octanol–water partition coefficient (Wildman–Crippen LogP) is -1.69. The Bertz CT molecular complexity index is 256. The van der Waals surface area contributed by atoms with Crippen LogP contribution in [0, 0.1) is 0 Å². The van der Waals surface area contributed by atoms with E-state index in [9.17, 15) is 9.59 Å². The maximum absolute atomic E-state index is 11.4. The molecule has 0 aromatic heterocycles. The van der Waals surface area contributed by atoms with Gasteiger partial charge in [0.1, 0.15) is 6.54 Å². The van der Waals surface area contributed by atoms with Crippen LogP contribution in [0.15, 0.2) is 0 Å². The van der Waals surface area contributed by atoms with Crippen molar-refractivity contribution in [1.29, 1.82) is 0 Å². The SMILES string of the molecule is CCNC(=O)CCC[NH+]1C[C@@H]1C(=O)NCC. The van der Waals surface area contributed by atoms with Crippen LogP contribution in [0.2, 0.25) is 0 Å². The lowest BCUT2D eigenvalue weighted by Crippen LogP contribution is -2.95. The third-order valence-corrected chi connectivity index (χ3v) is 2.74. The molecule has 0 aromatic rings. The first kappa shape index (κ1) is 13.0. The van der Waals surface area contributed by atoms with Gasteiger partial charge in [0.15, 0.2) is 0 Å². The highest BCUT2D eigenvalue weighted by molar-refractivity contribution is 5.82. The van der Waals surface area contributed by atoms with E-state index in [0.29, 0.717) is 19.5 Å². The summed E-state index contributed by atoms with van der Waals surface area (Å²) in [6.45, 7) is 7.06. The van der Waals surface area contributed by atoms with Crippen molar-refractivity contribution < 1.29 is 14.5 Å². The van der Waals surface area contributed by atoms with E-state index in [-0.39, 0.29) is 17.9 Å². The second-order valence-corrected chi connectivity index (χ2v) is 4.12. The highest BCUT2D eigenvalue weighted by Crippen LogP contribution is 1.92. The van der Waals surface area contributed by atoms with Crippen molar-refractivity contribution in [2.45, 2.75) is 32.7 Å². The quantitative estimate of drug-likeness (QED) is 0.455. The van der Waals surface area contributed by atoms with Crippen molar-refractivity contribution in [1.82, 2.24) is 10.6 Å². The van der Waals surface area contributed by atoms with E-state index in [2.05, 4.69) is 10.6 Å². The van der Waals surface area contributed by atoms with Crippen molar-refractivity contribution in [3.63, 3.8) is 0 Å². The van der Waals surface area contributed by atoms with Gasteiger partial charge < -0.3 is 15.5 Å². The summed E-state index contributed by atoms with van der Waals surface area (Å²) in [5.74, 6) is 0.258. The summed E-state index contributed by atoms with van der Waals surface area (Å²) in [6.07, 6.45) is 1.43. The van der Waals surface area contributed by atoms with Gasteiger partial charge in [-0.25, -0.2) is 0 Å². The molecule has 0 aliphatic carbocycles. The van der Waals surface area contributed by atoms with Gasteiger partial charge in [0.2, 0.25) is 11.9 Å². The van der Waals surface area contributed by atoms with Crippen LogP contribution in [-0.2, 0) is 9.59 Å². The molecule has 0 radical (unpaired) electrons. The largest absolute Gasteiger partial charge is 0.356 e. The minimum atomic E-state index is 0.110. The predicted molar refractivity (Wildman–Crippen MR) is 61.1 cm³/mol. The first-order chi connectivity index (χ1) is 7.69. The Morgan fingerprint density at radius 2 is 1.94 bits per heavy atom. The van der Waals surface area contributed by atoms with Gasteiger partial charge in [-0.1, -0.05) is 0 Å². The van der Waals surface area contributed by atoms with Gasteiger partial charge in [0.25, 0.3) is 5.91 Å². The van der Waals surface area contributed by atoms with Crippen LogP contribution >= 0.6 is 0 Å². The second-order valence-electron chi connectivity index (χ2n) is 4.12. The van der Waals surface area contributed by atoms with Gasteiger partial charge in [0.05, 0.1) is 6.54 Å². The number of amides is 2. The molecule has 1 heterocycles. The van der Waals surface area contributed by atoms with Crippen LogP contribution in [0.25, 0.3) is 0 Å². The van der Waals surface area contributed by atoms with Gasteiger partial charge in [0, 0.05) is 25.9 Å². The molecule has 1 aliphatic heterocycles. The van der Waals surface area contributed by atoms with Crippen molar-refractivity contribution >= 4 is 11.8 Å². The van der Waals surface area contributed by atoms with Crippen LogP contribution < -0.4 is 15.5 Å². The van der Waals surface area contributed by atoms with E-state index in [1.165, 1.54) is 4.90 Å². The molecular formula is C11H22N3O2+. The van der Waals surface area contributed by atoms with E-state index in [0.717, 1.165) is 19.5 Å². The molecule has 0 bridgehead atoms. The van der Waals surface area contributed by atoms with Gasteiger partial charge in [-0.05, 0) is 13.8 Å². The second kappa shape index (κ2) is 6.48. The van der Waals surface area contributed by atoms with Crippen molar-refractivity contribution in [2.75, 3.05) is 26.2 Å². The van der Waals surface area contributed by atoms with Crippen molar-refractivity contribution in [2.24, 2.45) is 0 Å². The van der Waals surface area contributed by atoms with Gasteiger partial charge in [-0.15, -0.1) is 0 Å². The van der Waals surface area contributed by atoms with Crippen LogP contribution in [0.5, 0.6) is 0 Å². The Labute approximate surface area is 96.6 Å². The molecule has 16 heavy (non-hydrogen) atoms. The standard InChI is InChI=1S/C11H21N3O2/c1-3-12-10(15)6-5-7-14-8-9(14)11(16)13-4-2/h9H,3-8H2,1-2H3,(H,12,15)(H,13,16)/p+1/t9-,14?/m1/s1. The van der Waals surface area contributed by atoms with Crippen LogP contribution in [-0.4, -0.2) is 44.0 Å². The first-order valence-electron chi connectivity index (χ1n) is 6.08. The van der Waals surface area contributed by atoms with Crippen LogP contribution in [0.4, 0.5) is 0 Å². The molecule has 0 saturated carbocycles. The maximum atomic E-state index is 11.4. The van der Waals surface area contributed by atoms with Gasteiger partial charge >= 0.3 is 0 Å². The summed E-state index contributed by atoms with van der Waals surface area (Å²) in [5, 5.41) is 5.58. The summed E-state index contributed by atoms with van der Waals surface area (Å²) in [4.78, 5) is 23.9. The van der Waals surface area contributed by atoms with E-state index in [1.54, 1.807) is 0 Å². The Kier molecular flexibility index (Phi) is 5.25. The summed E-state index contributed by atoms with van der Waals surface area (Å²) in [7, 11) is 0. The number of hydrogen-bond donors (Lipinski definition) is 3. The van der Waals surface area contributed by atoms with Crippen LogP contribution in [0.3, 0.4) is 0 Å². The number of likely N-dealkylation sites (N-methyl/N-ethyl adjacent to an activating group) is 1. The summed E-state index contributed by atoms with van der Waals surface area (Å²) in [5.41, 5.74) is 0. The maximum Gasteiger partial charge on any atom is 0.284 e.